The van der Waals surface area contributed by atoms with E-state index in [-0.39, 0.29) is 0 Å². The summed E-state index contributed by atoms with van der Waals surface area (Å²) in [6.45, 7) is 4.42. The molecule has 1 aliphatic carbocycles. The molecule has 2 aromatic carbocycles. The van der Waals surface area contributed by atoms with Crippen LogP contribution in [0.25, 0.3) is 0 Å². The van der Waals surface area contributed by atoms with E-state index >= 15 is 0 Å². The number of aryl methyl sites for hydroxylation is 1. The zero-order valence-electron chi connectivity index (χ0n) is 13.0. The highest BCUT2D eigenvalue weighted by Gasteiger charge is 2.34. The van der Waals surface area contributed by atoms with E-state index in [4.69, 9.17) is 0 Å². The fraction of sp³-hybridized carbons (Fsp3) is 0.400. The minimum atomic E-state index is -0.700. The van der Waals surface area contributed by atoms with Crippen molar-refractivity contribution in [1.29, 1.82) is 0 Å². The van der Waals surface area contributed by atoms with Crippen LogP contribution in [0.15, 0.2) is 48.5 Å². The Labute approximate surface area is 127 Å². The van der Waals surface area contributed by atoms with Gasteiger partial charge in [0.15, 0.2) is 0 Å². The van der Waals surface area contributed by atoms with Crippen LogP contribution in [0.1, 0.15) is 54.9 Å². The van der Waals surface area contributed by atoms with Crippen molar-refractivity contribution in [2.75, 3.05) is 0 Å². The maximum Gasteiger partial charge on any atom is 0.0939 e. The van der Waals surface area contributed by atoms with Crippen molar-refractivity contribution < 1.29 is 5.11 Å². The van der Waals surface area contributed by atoms with E-state index < -0.39 is 5.60 Å². The Kier molecular flexibility index (Phi) is 3.86. The lowest BCUT2D eigenvalue weighted by Crippen LogP contribution is -2.32. The molecule has 1 unspecified atom stereocenters. The number of rotatable bonds is 3. The molecule has 0 amide bonds. The first-order valence-corrected chi connectivity index (χ1v) is 7.98. The van der Waals surface area contributed by atoms with Gasteiger partial charge in [0.05, 0.1) is 5.60 Å². The molecular formula is C20H24O. The van der Waals surface area contributed by atoms with Crippen LogP contribution in [0.3, 0.4) is 0 Å². The first-order valence-electron chi connectivity index (χ1n) is 7.98. The highest BCUT2D eigenvalue weighted by Crippen LogP contribution is 2.37. The minimum absolute atomic E-state index is 0.553. The largest absolute Gasteiger partial charge is 0.385 e. The summed E-state index contributed by atoms with van der Waals surface area (Å²) < 4.78 is 0. The molecule has 0 saturated heterocycles. The number of aliphatic hydroxyl groups is 1. The van der Waals surface area contributed by atoms with Crippen molar-refractivity contribution in [3.8, 4) is 0 Å². The van der Waals surface area contributed by atoms with Gasteiger partial charge in [0.1, 0.15) is 0 Å². The first kappa shape index (κ1) is 14.3. The molecule has 0 fully saturated rings. The Morgan fingerprint density at radius 1 is 1.05 bits per heavy atom. The highest BCUT2D eigenvalue weighted by molar-refractivity contribution is 5.37. The van der Waals surface area contributed by atoms with Crippen LogP contribution in [0.4, 0.5) is 0 Å². The quantitative estimate of drug-likeness (QED) is 0.872. The SMILES string of the molecule is CC(C)c1ccc(CC2(O)CCCc3ccccc32)cc1. The molecule has 1 atom stereocenters. The van der Waals surface area contributed by atoms with Gasteiger partial charge in [0, 0.05) is 6.42 Å². The summed E-state index contributed by atoms with van der Waals surface area (Å²) in [7, 11) is 0. The maximum absolute atomic E-state index is 11.2. The zero-order chi connectivity index (χ0) is 14.9. The Hall–Kier alpha value is -1.60. The summed E-state index contributed by atoms with van der Waals surface area (Å²) in [5.41, 5.74) is 4.32. The van der Waals surface area contributed by atoms with Gasteiger partial charge in [-0.1, -0.05) is 62.4 Å². The molecule has 0 bridgehead atoms. The van der Waals surface area contributed by atoms with E-state index in [0.29, 0.717) is 12.3 Å². The van der Waals surface area contributed by atoms with E-state index in [0.717, 1.165) is 24.8 Å². The van der Waals surface area contributed by atoms with Crippen LogP contribution in [0, 0.1) is 0 Å². The maximum atomic E-state index is 11.2. The monoisotopic (exact) mass is 280 g/mol. The number of hydrogen-bond acceptors (Lipinski definition) is 1. The Morgan fingerprint density at radius 2 is 1.76 bits per heavy atom. The van der Waals surface area contributed by atoms with Crippen molar-refractivity contribution in [3.63, 3.8) is 0 Å². The Morgan fingerprint density at radius 3 is 2.48 bits per heavy atom. The van der Waals surface area contributed by atoms with Crippen LogP contribution in [0.2, 0.25) is 0 Å². The number of hydrogen-bond donors (Lipinski definition) is 1. The van der Waals surface area contributed by atoms with Crippen LogP contribution >= 0.6 is 0 Å². The average Bonchev–Trinajstić information content (AvgIpc) is 2.48. The van der Waals surface area contributed by atoms with Crippen molar-refractivity contribution in [2.24, 2.45) is 0 Å². The number of fused-ring (bicyclic) bond motifs is 1. The fourth-order valence-corrected chi connectivity index (χ4v) is 3.44. The topological polar surface area (TPSA) is 20.2 Å². The molecule has 1 N–H and O–H groups in total. The molecule has 21 heavy (non-hydrogen) atoms. The van der Waals surface area contributed by atoms with E-state index in [1.165, 1.54) is 16.7 Å². The van der Waals surface area contributed by atoms with Crippen molar-refractivity contribution in [3.05, 3.63) is 70.8 Å². The Bertz CT molecular complexity index is 612. The summed E-state index contributed by atoms with van der Waals surface area (Å²) in [5, 5.41) is 11.2. The number of benzene rings is 2. The van der Waals surface area contributed by atoms with E-state index in [2.05, 4.69) is 56.3 Å². The molecule has 0 heterocycles. The van der Waals surface area contributed by atoms with Gasteiger partial charge < -0.3 is 5.11 Å². The second-order valence-corrected chi connectivity index (χ2v) is 6.62. The summed E-state index contributed by atoms with van der Waals surface area (Å²) in [6.07, 6.45) is 3.72. The molecule has 0 spiro atoms. The van der Waals surface area contributed by atoms with Gasteiger partial charge >= 0.3 is 0 Å². The highest BCUT2D eigenvalue weighted by atomic mass is 16.3. The molecule has 0 radical (unpaired) electrons. The third kappa shape index (κ3) is 2.89. The van der Waals surface area contributed by atoms with Crippen molar-refractivity contribution >= 4 is 0 Å². The lowest BCUT2D eigenvalue weighted by Gasteiger charge is -2.34. The molecular weight excluding hydrogens is 256 g/mol. The predicted molar refractivity (Wildman–Crippen MR) is 87.5 cm³/mol. The summed E-state index contributed by atoms with van der Waals surface area (Å²) >= 11 is 0. The van der Waals surface area contributed by atoms with E-state index in [1.54, 1.807) is 0 Å². The lowest BCUT2D eigenvalue weighted by atomic mass is 9.76. The molecule has 0 aromatic heterocycles. The minimum Gasteiger partial charge on any atom is -0.385 e. The molecule has 1 heteroatoms. The van der Waals surface area contributed by atoms with Crippen LogP contribution < -0.4 is 0 Å². The smallest absolute Gasteiger partial charge is 0.0939 e. The van der Waals surface area contributed by atoms with Crippen molar-refractivity contribution in [2.45, 2.75) is 51.0 Å². The van der Waals surface area contributed by atoms with Gasteiger partial charge in [0.25, 0.3) is 0 Å². The molecule has 1 aliphatic rings. The predicted octanol–water partition coefficient (Wildman–Crippen LogP) is 4.58. The van der Waals surface area contributed by atoms with Gasteiger partial charge in [-0.25, -0.2) is 0 Å². The molecule has 3 rings (SSSR count). The molecule has 1 nitrogen and oxygen atoms in total. The van der Waals surface area contributed by atoms with Crippen LogP contribution in [-0.4, -0.2) is 5.11 Å². The Balaban J connectivity index is 1.87. The van der Waals surface area contributed by atoms with Gasteiger partial charge in [-0.2, -0.15) is 0 Å². The normalized spacial score (nSPS) is 21.3. The fourth-order valence-electron chi connectivity index (χ4n) is 3.44. The molecule has 0 saturated carbocycles. The second-order valence-electron chi connectivity index (χ2n) is 6.62. The zero-order valence-corrected chi connectivity index (χ0v) is 13.0. The average molecular weight is 280 g/mol. The third-order valence-corrected chi connectivity index (χ3v) is 4.70. The van der Waals surface area contributed by atoms with Gasteiger partial charge in [0.2, 0.25) is 0 Å². The molecule has 0 aliphatic heterocycles. The summed E-state index contributed by atoms with van der Waals surface area (Å²) in [6, 6.07) is 17.1. The van der Waals surface area contributed by atoms with Crippen LogP contribution in [-0.2, 0) is 18.4 Å². The van der Waals surface area contributed by atoms with Gasteiger partial charge in [-0.3, -0.25) is 0 Å². The third-order valence-electron chi connectivity index (χ3n) is 4.70. The summed E-state index contributed by atoms with van der Waals surface area (Å²) in [4.78, 5) is 0. The van der Waals surface area contributed by atoms with Gasteiger partial charge in [-0.05, 0) is 47.4 Å². The second kappa shape index (κ2) is 5.65. The molecule has 2 aromatic rings. The standard InChI is InChI=1S/C20H24O/c1-15(2)17-11-9-16(10-12-17)14-20(21)13-5-7-18-6-3-4-8-19(18)20/h3-4,6,8-12,15,21H,5,7,13-14H2,1-2H3. The van der Waals surface area contributed by atoms with Crippen LogP contribution in [0.5, 0.6) is 0 Å². The van der Waals surface area contributed by atoms with Crippen molar-refractivity contribution in [1.82, 2.24) is 0 Å². The summed E-state index contributed by atoms with van der Waals surface area (Å²) in [5.74, 6) is 0.553. The first-order chi connectivity index (χ1) is 10.1. The molecule has 110 valence electrons. The van der Waals surface area contributed by atoms with E-state index in [1.807, 2.05) is 6.07 Å². The lowest BCUT2D eigenvalue weighted by molar-refractivity contribution is 0.0190. The van der Waals surface area contributed by atoms with Gasteiger partial charge in [-0.15, -0.1) is 0 Å². The van der Waals surface area contributed by atoms with E-state index in [9.17, 15) is 5.11 Å².